The van der Waals surface area contributed by atoms with Crippen LogP contribution >= 0.6 is 0 Å². The van der Waals surface area contributed by atoms with Crippen molar-refractivity contribution in [2.45, 2.75) is 18.9 Å². The van der Waals surface area contributed by atoms with Crippen LogP contribution in [0.4, 0.5) is 5.69 Å². The van der Waals surface area contributed by atoms with Crippen LogP contribution in [0.15, 0.2) is 24.5 Å². The largest absolute Gasteiger partial charge is 0.380 e. The molecule has 0 aliphatic heterocycles. The van der Waals surface area contributed by atoms with Crippen molar-refractivity contribution in [3.8, 4) is 0 Å². The Balaban J connectivity index is 2.20. The predicted octanol–water partition coefficient (Wildman–Crippen LogP) is -0.110. The molecule has 1 rings (SSSR count). The normalized spacial score (nSPS) is 11.7. The molecule has 1 atom stereocenters. The number of rotatable bonds is 8. The molecule has 110 valence electrons. The molecule has 0 aliphatic rings. The van der Waals surface area contributed by atoms with Gasteiger partial charge in [0.25, 0.3) is 0 Å². The second-order valence-electron chi connectivity index (χ2n) is 4.18. The molecule has 0 aliphatic carbocycles. The van der Waals surface area contributed by atoms with Crippen LogP contribution in [0.3, 0.4) is 0 Å². The maximum absolute atomic E-state index is 11.6. The summed E-state index contributed by atoms with van der Waals surface area (Å²) >= 11 is 0. The number of nitrogens with two attached hydrogens (primary N) is 1. The second kappa shape index (κ2) is 9.00. The summed E-state index contributed by atoms with van der Waals surface area (Å²) in [6.45, 7) is 0.559. The standard InChI is InChI=1S/C13H20N4O3/c1-20-11(9-14)8-13(19)16-7-4-12(18)17-10-2-5-15-6-3-10/h2-3,5-6,11H,4,7-9,14H2,1H3,(H,16,19)(H,15,17,18). The van der Waals surface area contributed by atoms with Crippen molar-refractivity contribution >= 4 is 17.5 Å². The number of aromatic nitrogens is 1. The van der Waals surface area contributed by atoms with Gasteiger partial charge in [-0.15, -0.1) is 0 Å². The lowest BCUT2D eigenvalue weighted by Gasteiger charge is -2.12. The van der Waals surface area contributed by atoms with Crippen LogP contribution < -0.4 is 16.4 Å². The van der Waals surface area contributed by atoms with E-state index < -0.39 is 0 Å². The number of methoxy groups -OCH3 is 1. The number of amides is 2. The lowest BCUT2D eigenvalue weighted by molar-refractivity contribution is -0.123. The molecule has 0 radical (unpaired) electrons. The molecule has 0 aromatic carbocycles. The average molecular weight is 280 g/mol. The summed E-state index contributed by atoms with van der Waals surface area (Å²) < 4.78 is 5.01. The van der Waals surface area contributed by atoms with Crippen LogP contribution in [0.1, 0.15) is 12.8 Å². The fourth-order valence-electron chi connectivity index (χ4n) is 1.52. The monoisotopic (exact) mass is 280 g/mol. The van der Waals surface area contributed by atoms with Crippen molar-refractivity contribution < 1.29 is 14.3 Å². The van der Waals surface area contributed by atoms with E-state index in [0.717, 1.165) is 0 Å². The number of hydrogen-bond acceptors (Lipinski definition) is 5. The summed E-state index contributed by atoms with van der Waals surface area (Å²) in [6.07, 6.45) is 3.29. The highest BCUT2D eigenvalue weighted by Crippen LogP contribution is 2.03. The van der Waals surface area contributed by atoms with Crippen molar-refractivity contribution in [1.82, 2.24) is 10.3 Å². The predicted molar refractivity (Wildman–Crippen MR) is 75.0 cm³/mol. The van der Waals surface area contributed by atoms with Crippen molar-refractivity contribution in [3.63, 3.8) is 0 Å². The number of pyridine rings is 1. The van der Waals surface area contributed by atoms with Crippen LogP contribution in [-0.4, -0.2) is 43.1 Å². The fourth-order valence-corrected chi connectivity index (χ4v) is 1.52. The van der Waals surface area contributed by atoms with E-state index in [9.17, 15) is 9.59 Å². The number of carbonyl (C=O) groups excluding carboxylic acids is 2. The maximum atomic E-state index is 11.6. The smallest absolute Gasteiger partial charge is 0.226 e. The molecule has 20 heavy (non-hydrogen) atoms. The van der Waals surface area contributed by atoms with Gasteiger partial charge in [0.05, 0.1) is 12.5 Å². The third-order valence-electron chi connectivity index (χ3n) is 2.65. The van der Waals surface area contributed by atoms with Gasteiger partial charge in [0, 0.05) is 44.7 Å². The topological polar surface area (TPSA) is 106 Å². The molecule has 1 unspecified atom stereocenters. The molecular formula is C13H20N4O3. The van der Waals surface area contributed by atoms with Crippen LogP contribution in [0, 0.1) is 0 Å². The van der Waals surface area contributed by atoms with E-state index >= 15 is 0 Å². The minimum atomic E-state index is -0.291. The lowest BCUT2D eigenvalue weighted by Crippen LogP contribution is -2.33. The quantitative estimate of drug-likeness (QED) is 0.616. The molecule has 4 N–H and O–H groups in total. The van der Waals surface area contributed by atoms with E-state index in [2.05, 4.69) is 15.6 Å². The number of carbonyl (C=O) groups is 2. The van der Waals surface area contributed by atoms with Gasteiger partial charge in [-0.1, -0.05) is 0 Å². The highest BCUT2D eigenvalue weighted by molar-refractivity contribution is 5.91. The molecule has 7 nitrogen and oxygen atoms in total. The van der Waals surface area contributed by atoms with E-state index in [1.807, 2.05) is 0 Å². The van der Waals surface area contributed by atoms with E-state index in [4.69, 9.17) is 10.5 Å². The van der Waals surface area contributed by atoms with E-state index in [1.54, 1.807) is 24.5 Å². The zero-order chi connectivity index (χ0) is 14.8. The second-order valence-corrected chi connectivity index (χ2v) is 4.18. The van der Waals surface area contributed by atoms with Crippen molar-refractivity contribution in [3.05, 3.63) is 24.5 Å². The molecule has 1 aromatic rings. The van der Waals surface area contributed by atoms with Gasteiger partial charge < -0.3 is 21.1 Å². The first kappa shape index (κ1) is 16.1. The molecule has 0 bridgehead atoms. The van der Waals surface area contributed by atoms with Gasteiger partial charge >= 0.3 is 0 Å². The molecule has 0 saturated carbocycles. The Kier molecular flexibility index (Phi) is 7.23. The molecule has 0 fully saturated rings. The summed E-state index contributed by atoms with van der Waals surface area (Å²) in [6, 6.07) is 3.39. The number of nitrogens with zero attached hydrogens (tertiary/aromatic N) is 1. The minimum Gasteiger partial charge on any atom is -0.380 e. The van der Waals surface area contributed by atoms with Crippen molar-refractivity contribution in [2.24, 2.45) is 5.73 Å². The zero-order valence-electron chi connectivity index (χ0n) is 11.5. The Hall–Kier alpha value is -1.99. The third kappa shape index (κ3) is 6.26. The summed E-state index contributed by atoms with van der Waals surface area (Å²) in [5.41, 5.74) is 6.10. The molecule has 0 saturated heterocycles. The summed E-state index contributed by atoms with van der Waals surface area (Å²) in [7, 11) is 1.51. The molecule has 0 spiro atoms. The number of ether oxygens (including phenoxy) is 1. The van der Waals surface area contributed by atoms with Gasteiger partial charge in [0.15, 0.2) is 0 Å². The number of anilines is 1. The number of nitrogens with one attached hydrogen (secondary N) is 2. The summed E-state index contributed by atoms with van der Waals surface area (Å²) in [4.78, 5) is 27.0. The van der Waals surface area contributed by atoms with Gasteiger partial charge in [-0.05, 0) is 12.1 Å². The van der Waals surface area contributed by atoms with E-state index in [-0.39, 0.29) is 43.8 Å². The molecule has 7 heteroatoms. The average Bonchev–Trinajstić information content (AvgIpc) is 2.45. The number of hydrogen-bond donors (Lipinski definition) is 3. The van der Waals surface area contributed by atoms with Gasteiger partial charge in [-0.2, -0.15) is 0 Å². The molecule has 1 aromatic heterocycles. The highest BCUT2D eigenvalue weighted by Gasteiger charge is 2.11. The van der Waals surface area contributed by atoms with Crippen LogP contribution in [0.25, 0.3) is 0 Å². The lowest BCUT2D eigenvalue weighted by atomic mass is 10.2. The minimum absolute atomic E-state index is 0.168. The first-order valence-corrected chi connectivity index (χ1v) is 6.35. The van der Waals surface area contributed by atoms with Gasteiger partial charge in [-0.25, -0.2) is 0 Å². The van der Waals surface area contributed by atoms with E-state index in [1.165, 1.54) is 7.11 Å². The van der Waals surface area contributed by atoms with Gasteiger partial charge in [0.1, 0.15) is 0 Å². The Morgan fingerprint density at radius 1 is 1.35 bits per heavy atom. The Morgan fingerprint density at radius 3 is 2.65 bits per heavy atom. The first-order chi connectivity index (χ1) is 9.65. The van der Waals surface area contributed by atoms with E-state index in [0.29, 0.717) is 5.69 Å². The molecule has 2 amide bonds. The molecular weight excluding hydrogens is 260 g/mol. The van der Waals surface area contributed by atoms with Crippen LogP contribution in [0.2, 0.25) is 0 Å². The zero-order valence-corrected chi connectivity index (χ0v) is 11.5. The first-order valence-electron chi connectivity index (χ1n) is 6.35. The van der Waals surface area contributed by atoms with Gasteiger partial charge in [-0.3, -0.25) is 14.6 Å². The van der Waals surface area contributed by atoms with Crippen LogP contribution in [-0.2, 0) is 14.3 Å². The summed E-state index contributed by atoms with van der Waals surface area (Å²) in [5, 5.41) is 5.35. The Bertz CT molecular complexity index is 421. The van der Waals surface area contributed by atoms with Gasteiger partial charge in [0.2, 0.25) is 11.8 Å². The third-order valence-corrected chi connectivity index (χ3v) is 2.65. The van der Waals surface area contributed by atoms with Crippen LogP contribution in [0.5, 0.6) is 0 Å². The van der Waals surface area contributed by atoms with Crippen molar-refractivity contribution in [1.29, 1.82) is 0 Å². The summed E-state index contributed by atoms with van der Waals surface area (Å²) in [5.74, 6) is -0.349. The highest BCUT2D eigenvalue weighted by atomic mass is 16.5. The Morgan fingerprint density at radius 2 is 2.05 bits per heavy atom. The van der Waals surface area contributed by atoms with Crippen molar-refractivity contribution in [2.75, 3.05) is 25.5 Å². The Labute approximate surface area is 117 Å². The SMILES string of the molecule is COC(CN)CC(=O)NCCC(=O)Nc1ccncc1. The molecule has 1 heterocycles. The maximum Gasteiger partial charge on any atom is 0.226 e. The fraction of sp³-hybridized carbons (Fsp3) is 0.462.